The number of hydrogen-bond donors (Lipinski definition) is 1. The van der Waals surface area contributed by atoms with Gasteiger partial charge < -0.3 is 10.0 Å². The van der Waals surface area contributed by atoms with Crippen molar-refractivity contribution < 1.29 is 5.11 Å². The van der Waals surface area contributed by atoms with Crippen molar-refractivity contribution in [3.05, 3.63) is 23.9 Å². The largest absolute Gasteiger partial charge is 0.389 e. The molecule has 1 aromatic rings. The molecule has 0 aliphatic heterocycles. The summed E-state index contributed by atoms with van der Waals surface area (Å²) in [5.74, 6) is 0.924. The zero-order valence-electron chi connectivity index (χ0n) is 12.5. The third kappa shape index (κ3) is 4.30. The molecule has 18 heavy (non-hydrogen) atoms. The summed E-state index contributed by atoms with van der Waals surface area (Å²) in [5, 5.41) is 9.89. The van der Waals surface area contributed by atoms with Crippen LogP contribution in [0, 0.1) is 0 Å². The van der Waals surface area contributed by atoms with E-state index in [2.05, 4.69) is 43.6 Å². The summed E-state index contributed by atoms with van der Waals surface area (Å²) in [4.78, 5) is 6.61. The highest BCUT2D eigenvalue weighted by Gasteiger charge is 2.19. The molecule has 0 radical (unpaired) electrons. The number of pyridine rings is 1. The fourth-order valence-corrected chi connectivity index (χ4v) is 1.84. The highest BCUT2D eigenvalue weighted by molar-refractivity contribution is 5.40. The van der Waals surface area contributed by atoms with Gasteiger partial charge in [-0.3, -0.25) is 0 Å². The summed E-state index contributed by atoms with van der Waals surface area (Å²) in [7, 11) is 0. The molecule has 0 aliphatic carbocycles. The summed E-state index contributed by atoms with van der Waals surface area (Å²) in [6.07, 6.45) is 1.93. The van der Waals surface area contributed by atoms with E-state index in [0.29, 0.717) is 6.54 Å². The molecule has 1 heterocycles. The standard InChI is InChI=1S/C15H26N2O/c1-7-17(11-15(5,6)18)13-9-8-12(10-16-13)14(2,3)4/h8-10,18H,7,11H2,1-6H3. The van der Waals surface area contributed by atoms with E-state index in [9.17, 15) is 5.11 Å². The molecular weight excluding hydrogens is 224 g/mol. The molecule has 102 valence electrons. The van der Waals surface area contributed by atoms with Crippen LogP contribution in [0.25, 0.3) is 0 Å². The summed E-state index contributed by atoms with van der Waals surface area (Å²) in [5.41, 5.74) is 0.643. The van der Waals surface area contributed by atoms with E-state index in [1.165, 1.54) is 5.56 Å². The predicted molar refractivity (Wildman–Crippen MR) is 77.1 cm³/mol. The van der Waals surface area contributed by atoms with Crippen molar-refractivity contribution in [2.75, 3.05) is 18.0 Å². The fourth-order valence-electron chi connectivity index (χ4n) is 1.84. The minimum atomic E-state index is -0.708. The number of anilines is 1. The van der Waals surface area contributed by atoms with Crippen LogP contribution in [-0.2, 0) is 5.41 Å². The summed E-state index contributed by atoms with van der Waals surface area (Å²) < 4.78 is 0. The molecule has 1 rings (SSSR count). The number of aromatic nitrogens is 1. The van der Waals surface area contributed by atoms with Crippen LogP contribution in [0.1, 0.15) is 47.1 Å². The van der Waals surface area contributed by atoms with Crippen LogP contribution < -0.4 is 4.90 Å². The van der Waals surface area contributed by atoms with Crippen LogP contribution in [0.2, 0.25) is 0 Å². The zero-order valence-corrected chi connectivity index (χ0v) is 12.5. The van der Waals surface area contributed by atoms with Crippen LogP contribution in [0.3, 0.4) is 0 Å². The quantitative estimate of drug-likeness (QED) is 0.892. The van der Waals surface area contributed by atoms with E-state index in [0.717, 1.165) is 12.4 Å². The smallest absolute Gasteiger partial charge is 0.128 e. The Labute approximate surface area is 111 Å². The highest BCUT2D eigenvalue weighted by atomic mass is 16.3. The van der Waals surface area contributed by atoms with Crippen molar-refractivity contribution in [2.45, 2.75) is 52.6 Å². The molecule has 3 nitrogen and oxygen atoms in total. The molecule has 3 heteroatoms. The Morgan fingerprint density at radius 3 is 2.11 bits per heavy atom. The van der Waals surface area contributed by atoms with Gasteiger partial charge in [0.2, 0.25) is 0 Å². The third-order valence-corrected chi connectivity index (χ3v) is 2.90. The van der Waals surface area contributed by atoms with Gasteiger partial charge in [-0.05, 0) is 37.8 Å². The lowest BCUT2D eigenvalue weighted by molar-refractivity contribution is 0.0874. The van der Waals surface area contributed by atoms with Crippen LogP contribution in [-0.4, -0.2) is 28.8 Å². The van der Waals surface area contributed by atoms with Gasteiger partial charge in [0, 0.05) is 19.3 Å². The lowest BCUT2D eigenvalue weighted by Crippen LogP contribution is -2.39. The SMILES string of the molecule is CCN(CC(C)(C)O)c1ccc(C(C)(C)C)cn1. The van der Waals surface area contributed by atoms with Gasteiger partial charge in [0.05, 0.1) is 5.60 Å². The van der Waals surface area contributed by atoms with Gasteiger partial charge in [-0.15, -0.1) is 0 Å². The van der Waals surface area contributed by atoms with Crippen molar-refractivity contribution in [2.24, 2.45) is 0 Å². The maximum atomic E-state index is 9.89. The second-order valence-corrected chi connectivity index (χ2v) is 6.48. The Bertz CT molecular complexity index is 371. The molecule has 0 aliphatic rings. The molecule has 0 atom stereocenters. The first kappa shape index (κ1) is 15.0. The third-order valence-electron chi connectivity index (χ3n) is 2.90. The predicted octanol–water partition coefficient (Wildman–Crippen LogP) is 2.98. The first-order valence-electron chi connectivity index (χ1n) is 6.57. The van der Waals surface area contributed by atoms with Gasteiger partial charge in [0.15, 0.2) is 0 Å². The van der Waals surface area contributed by atoms with E-state index in [-0.39, 0.29) is 5.41 Å². The van der Waals surface area contributed by atoms with Gasteiger partial charge in [-0.2, -0.15) is 0 Å². The van der Waals surface area contributed by atoms with Gasteiger partial charge in [0.25, 0.3) is 0 Å². The van der Waals surface area contributed by atoms with E-state index in [1.54, 1.807) is 0 Å². The Hall–Kier alpha value is -1.09. The number of nitrogens with zero attached hydrogens (tertiary/aromatic N) is 2. The van der Waals surface area contributed by atoms with E-state index in [4.69, 9.17) is 0 Å². The minimum Gasteiger partial charge on any atom is -0.389 e. The summed E-state index contributed by atoms with van der Waals surface area (Å²) >= 11 is 0. The molecule has 0 saturated heterocycles. The molecule has 0 bridgehead atoms. The number of rotatable bonds is 4. The van der Waals surface area contributed by atoms with Crippen molar-refractivity contribution >= 4 is 5.82 Å². The minimum absolute atomic E-state index is 0.124. The van der Waals surface area contributed by atoms with Gasteiger partial charge in [-0.25, -0.2) is 4.98 Å². The monoisotopic (exact) mass is 250 g/mol. The number of aliphatic hydroxyl groups is 1. The Morgan fingerprint density at radius 1 is 1.17 bits per heavy atom. The molecule has 0 amide bonds. The van der Waals surface area contributed by atoms with Crippen molar-refractivity contribution in [1.82, 2.24) is 4.98 Å². The average molecular weight is 250 g/mol. The molecule has 0 fully saturated rings. The second-order valence-electron chi connectivity index (χ2n) is 6.48. The Balaban J connectivity index is 2.89. The molecular formula is C15H26N2O. The first-order valence-corrected chi connectivity index (χ1v) is 6.57. The maximum absolute atomic E-state index is 9.89. The van der Waals surface area contributed by atoms with Crippen molar-refractivity contribution in [3.63, 3.8) is 0 Å². The molecule has 0 spiro atoms. The van der Waals surface area contributed by atoms with Crippen molar-refractivity contribution in [3.8, 4) is 0 Å². The fraction of sp³-hybridized carbons (Fsp3) is 0.667. The summed E-state index contributed by atoms with van der Waals surface area (Å²) in [6, 6.07) is 4.16. The summed E-state index contributed by atoms with van der Waals surface area (Å²) in [6.45, 7) is 13.7. The topological polar surface area (TPSA) is 36.4 Å². The van der Waals surface area contributed by atoms with Crippen LogP contribution in [0.5, 0.6) is 0 Å². The van der Waals surface area contributed by atoms with Crippen LogP contribution in [0.4, 0.5) is 5.82 Å². The lowest BCUT2D eigenvalue weighted by atomic mass is 9.88. The number of hydrogen-bond acceptors (Lipinski definition) is 3. The molecule has 1 aromatic heterocycles. The molecule has 0 saturated carbocycles. The van der Waals surface area contributed by atoms with Crippen molar-refractivity contribution in [1.29, 1.82) is 0 Å². The molecule has 0 unspecified atom stereocenters. The van der Waals surface area contributed by atoms with Gasteiger partial charge in [0.1, 0.15) is 5.82 Å². The Kier molecular flexibility index (Phi) is 4.38. The molecule has 0 aromatic carbocycles. The first-order chi connectivity index (χ1) is 8.13. The maximum Gasteiger partial charge on any atom is 0.128 e. The van der Waals surface area contributed by atoms with Crippen LogP contribution >= 0.6 is 0 Å². The second kappa shape index (κ2) is 5.27. The van der Waals surface area contributed by atoms with Gasteiger partial charge in [-0.1, -0.05) is 26.8 Å². The van der Waals surface area contributed by atoms with E-state index in [1.807, 2.05) is 26.1 Å². The number of likely N-dealkylation sites (N-methyl/N-ethyl adjacent to an activating group) is 1. The van der Waals surface area contributed by atoms with Gasteiger partial charge >= 0.3 is 0 Å². The van der Waals surface area contributed by atoms with Crippen LogP contribution in [0.15, 0.2) is 18.3 Å². The Morgan fingerprint density at radius 2 is 1.78 bits per heavy atom. The average Bonchev–Trinajstić information content (AvgIpc) is 2.24. The lowest BCUT2D eigenvalue weighted by Gasteiger charge is -2.29. The normalized spacial score (nSPS) is 12.6. The van der Waals surface area contributed by atoms with E-state index >= 15 is 0 Å². The zero-order chi connectivity index (χ0) is 14.0. The highest BCUT2D eigenvalue weighted by Crippen LogP contribution is 2.23. The molecule has 1 N–H and O–H groups in total. The van der Waals surface area contributed by atoms with E-state index < -0.39 is 5.60 Å².